The van der Waals surface area contributed by atoms with Gasteiger partial charge in [0.2, 0.25) is 0 Å². The number of alkyl halides is 2. The fourth-order valence-electron chi connectivity index (χ4n) is 1.73. The minimum atomic E-state index is -2.83. The van der Waals surface area contributed by atoms with Crippen molar-refractivity contribution in [3.8, 4) is 0 Å². The van der Waals surface area contributed by atoms with Crippen LogP contribution in [0.25, 0.3) is 0 Å². The van der Waals surface area contributed by atoms with Gasteiger partial charge in [0.05, 0.1) is 23.2 Å². The molecule has 0 bridgehead atoms. The van der Waals surface area contributed by atoms with Crippen molar-refractivity contribution in [2.75, 3.05) is 6.54 Å². The third-order valence-electron chi connectivity index (χ3n) is 2.54. The van der Waals surface area contributed by atoms with E-state index in [0.717, 1.165) is 18.2 Å². The van der Waals surface area contributed by atoms with E-state index in [9.17, 15) is 23.2 Å². The molecule has 0 unspecified atom stereocenters. The van der Waals surface area contributed by atoms with Crippen LogP contribution in [0.15, 0.2) is 18.2 Å². The molecule has 18 heavy (non-hydrogen) atoms. The van der Waals surface area contributed by atoms with Crippen molar-refractivity contribution in [3.63, 3.8) is 0 Å². The molecule has 2 amide bonds. The van der Waals surface area contributed by atoms with Crippen molar-refractivity contribution in [2.24, 2.45) is 0 Å². The molecule has 0 saturated heterocycles. The number of nitrogens with zero attached hydrogens (tertiary/aromatic N) is 1. The lowest BCUT2D eigenvalue weighted by molar-refractivity contribution is 0.0492. The van der Waals surface area contributed by atoms with Crippen LogP contribution in [-0.2, 0) is 0 Å². The molecule has 0 aliphatic carbocycles. The lowest BCUT2D eigenvalue weighted by atomic mass is 10.1. The fraction of sp³-hybridized carbons (Fsp3) is 0.182. The molecule has 0 radical (unpaired) electrons. The largest absolute Gasteiger partial charge is 0.478 e. The molecule has 7 heteroatoms. The normalized spacial score (nSPS) is 14.3. The highest BCUT2D eigenvalue weighted by Gasteiger charge is 2.37. The predicted octanol–water partition coefficient (Wildman–Crippen LogP) is 1.25. The monoisotopic (exact) mass is 255 g/mol. The molecule has 2 rings (SSSR count). The van der Waals surface area contributed by atoms with Gasteiger partial charge in [-0.1, -0.05) is 0 Å². The summed E-state index contributed by atoms with van der Waals surface area (Å²) in [6.45, 7) is -0.991. The van der Waals surface area contributed by atoms with Crippen molar-refractivity contribution < 1.29 is 28.3 Å². The van der Waals surface area contributed by atoms with Gasteiger partial charge < -0.3 is 5.11 Å². The maximum atomic E-state index is 12.2. The van der Waals surface area contributed by atoms with Crippen LogP contribution in [0.1, 0.15) is 31.1 Å². The van der Waals surface area contributed by atoms with Gasteiger partial charge in [0, 0.05) is 0 Å². The number of imide groups is 1. The summed E-state index contributed by atoms with van der Waals surface area (Å²) in [6.07, 6.45) is -2.83. The molecule has 0 atom stereocenters. The molecule has 1 aliphatic heterocycles. The van der Waals surface area contributed by atoms with Crippen LogP contribution in [0.3, 0.4) is 0 Å². The van der Waals surface area contributed by atoms with E-state index in [0.29, 0.717) is 4.90 Å². The molecule has 0 aromatic heterocycles. The van der Waals surface area contributed by atoms with Crippen LogP contribution in [0, 0.1) is 0 Å². The second-order valence-corrected chi connectivity index (χ2v) is 3.68. The molecular weight excluding hydrogens is 248 g/mol. The molecule has 94 valence electrons. The highest BCUT2D eigenvalue weighted by molar-refractivity contribution is 6.21. The summed E-state index contributed by atoms with van der Waals surface area (Å²) in [7, 11) is 0. The van der Waals surface area contributed by atoms with E-state index in [1.807, 2.05) is 0 Å². The van der Waals surface area contributed by atoms with Crippen molar-refractivity contribution in [3.05, 3.63) is 34.9 Å². The van der Waals surface area contributed by atoms with Gasteiger partial charge >= 0.3 is 5.97 Å². The SMILES string of the molecule is O=C(O)c1ccc2c(c1)C(=O)N(CC(F)F)C2=O. The molecule has 0 fully saturated rings. The van der Waals surface area contributed by atoms with E-state index in [1.54, 1.807) is 0 Å². The number of carbonyl (C=O) groups excluding carboxylic acids is 2. The molecule has 0 spiro atoms. The lowest BCUT2D eigenvalue weighted by Gasteiger charge is -2.12. The number of carbonyl (C=O) groups is 3. The summed E-state index contributed by atoms with van der Waals surface area (Å²) in [4.78, 5) is 34.5. The van der Waals surface area contributed by atoms with Gasteiger partial charge in [0.15, 0.2) is 0 Å². The summed E-state index contributed by atoms with van der Waals surface area (Å²) in [6, 6.07) is 3.33. The maximum absolute atomic E-state index is 12.2. The molecule has 1 heterocycles. The van der Waals surface area contributed by atoms with Gasteiger partial charge in [-0.2, -0.15) is 0 Å². The van der Waals surface area contributed by atoms with E-state index in [1.165, 1.54) is 0 Å². The summed E-state index contributed by atoms with van der Waals surface area (Å²) in [5.74, 6) is -2.98. The zero-order valence-corrected chi connectivity index (χ0v) is 8.89. The molecule has 5 nitrogen and oxygen atoms in total. The average Bonchev–Trinajstić information content (AvgIpc) is 2.53. The Bertz CT molecular complexity index is 556. The summed E-state index contributed by atoms with van der Waals surface area (Å²) in [5.41, 5.74) is -0.375. The summed E-state index contributed by atoms with van der Waals surface area (Å²) < 4.78 is 24.4. The smallest absolute Gasteiger partial charge is 0.335 e. The van der Waals surface area contributed by atoms with Crippen molar-refractivity contribution in [1.82, 2.24) is 4.90 Å². The Morgan fingerprint density at radius 1 is 1.22 bits per heavy atom. The van der Waals surface area contributed by atoms with Gasteiger partial charge in [-0.15, -0.1) is 0 Å². The Hall–Kier alpha value is -2.31. The van der Waals surface area contributed by atoms with E-state index in [2.05, 4.69) is 0 Å². The average molecular weight is 255 g/mol. The lowest BCUT2D eigenvalue weighted by Crippen LogP contribution is -2.34. The predicted molar refractivity (Wildman–Crippen MR) is 54.8 cm³/mol. The number of hydrogen-bond donors (Lipinski definition) is 1. The van der Waals surface area contributed by atoms with Gasteiger partial charge in [-0.3, -0.25) is 14.5 Å². The van der Waals surface area contributed by atoms with Crippen molar-refractivity contribution in [1.29, 1.82) is 0 Å². The van der Waals surface area contributed by atoms with Crippen LogP contribution in [0.4, 0.5) is 8.78 Å². The first kappa shape index (κ1) is 12.2. The standard InChI is InChI=1S/C11H7F2NO4/c12-8(13)4-14-9(15)6-2-1-5(11(17)18)3-7(6)10(14)16/h1-3,8H,4H2,(H,17,18). The number of carboxylic acids is 1. The Morgan fingerprint density at radius 2 is 1.83 bits per heavy atom. The molecule has 1 aromatic rings. The Labute approximate surface area is 99.6 Å². The molecule has 0 saturated carbocycles. The van der Waals surface area contributed by atoms with Crippen LogP contribution in [0.2, 0.25) is 0 Å². The first-order valence-electron chi connectivity index (χ1n) is 4.93. The highest BCUT2D eigenvalue weighted by Crippen LogP contribution is 2.24. The van der Waals surface area contributed by atoms with Gasteiger partial charge in [-0.25, -0.2) is 13.6 Å². The molecular formula is C11H7F2NO4. The summed E-state index contributed by atoms with van der Waals surface area (Å²) in [5, 5.41) is 8.75. The number of fused-ring (bicyclic) bond motifs is 1. The number of rotatable bonds is 3. The zero-order chi connectivity index (χ0) is 13.4. The number of hydrogen-bond acceptors (Lipinski definition) is 3. The van der Waals surface area contributed by atoms with Crippen LogP contribution >= 0.6 is 0 Å². The van der Waals surface area contributed by atoms with Crippen LogP contribution in [0.5, 0.6) is 0 Å². The Kier molecular flexibility index (Phi) is 2.82. The highest BCUT2D eigenvalue weighted by atomic mass is 19.3. The molecule has 1 aromatic carbocycles. The zero-order valence-electron chi connectivity index (χ0n) is 8.89. The second kappa shape index (κ2) is 4.17. The Morgan fingerprint density at radius 3 is 2.39 bits per heavy atom. The van der Waals surface area contributed by atoms with E-state index in [4.69, 9.17) is 5.11 Å². The minimum Gasteiger partial charge on any atom is -0.478 e. The fourth-order valence-corrected chi connectivity index (χ4v) is 1.73. The van der Waals surface area contributed by atoms with Crippen LogP contribution in [-0.4, -0.2) is 40.8 Å². The number of amides is 2. The number of halogens is 2. The van der Waals surface area contributed by atoms with E-state index >= 15 is 0 Å². The van der Waals surface area contributed by atoms with Crippen LogP contribution < -0.4 is 0 Å². The first-order valence-corrected chi connectivity index (χ1v) is 4.93. The molecule has 1 N–H and O–H groups in total. The minimum absolute atomic E-state index is 0.0503. The Balaban J connectivity index is 2.42. The first-order chi connectivity index (χ1) is 8.41. The third-order valence-corrected chi connectivity index (χ3v) is 2.54. The number of aromatic carboxylic acids is 1. The quantitative estimate of drug-likeness (QED) is 0.825. The summed E-state index contributed by atoms with van der Waals surface area (Å²) >= 11 is 0. The van der Waals surface area contributed by atoms with E-state index < -0.39 is 30.8 Å². The van der Waals surface area contributed by atoms with Gasteiger partial charge in [0.1, 0.15) is 0 Å². The second-order valence-electron chi connectivity index (χ2n) is 3.68. The topological polar surface area (TPSA) is 74.7 Å². The van der Waals surface area contributed by atoms with Gasteiger partial charge in [0.25, 0.3) is 18.2 Å². The molecule has 1 aliphatic rings. The van der Waals surface area contributed by atoms with E-state index in [-0.39, 0.29) is 16.7 Å². The third kappa shape index (κ3) is 1.83. The van der Waals surface area contributed by atoms with Crippen molar-refractivity contribution >= 4 is 17.8 Å². The van der Waals surface area contributed by atoms with Gasteiger partial charge in [-0.05, 0) is 18.2 Å². The number of carboxylic acid groups (broad SMARTS) is 1. The van der Waals surface area contributed by atoms with Crippen molar-refractivity contribution in [2.45, 2.75) is 6.43 Å². The number of benzene rings is 1. The maximum Gasteiger partial charge on any atom is 0.335 e.